The number of nitrogens with zero attached hydrogens (tertiary/aromatic N) is 1. The van der Waals surface area contributed by atoms with E-state index in [1.54, 1.807) is 7.11 Å². The number of hydrogen-bond donors (Lipinski definition) is 0. The molecule has 146 valence electrons. The van der Waals surface area contributed by atoms with E-state index in [9.17, 15) is 4.79 Å². The Morgan fingerprint density at radius 3 is 2.37 bits per heavy atom. The first-order valence-electron chi connectivity index (χ1n) is 9.72. The average Bonchev–Trinajstić information content (AvgIpc) is 2.79. The first-order chi connectivity index (χ1) is 14.6. The lowest BCUT2D eigenvalue weighted by atomic mass is 9.98. The molecule has 0 fully saturated rings. The van der Waals surface area contributed by atoms with Crippen LogP contribution >= 0.6 is 0 Å². The fourth-order valence-corrected chi connectivity index (χ4v) is 3.77. The van der Waals surface area contributed by atoms with Gasteiger partial charge in [-0.1, -0.05) is 42.0 Å². The summed E-state index contributed by atoms with van der Waals surface area (Å²) in [5.41, 5.74) is 5.38. The molecule has 4 heteroatoms. The number of benzene rings is 3. The van der Waals surface area contributed by atoms with Crippen LogP contribution in [0.1, 0.15) is 5.56 Å². The van der Waals surface area contributed by atoms with Crippen LogP contribution < -0.4 is 10.4 Å². The predicted octanol–water partition coefficient (Wildman–Crippen LogP) is 5.99. The maximum absolute atomic E-state index is 13.0. The van der Waals surface area contributed by atoms with Crippen LogP contribution in [0.3, 0.4) is 0 Å². The van der Waals surface area contributed by atoms with E-state index in [2.05, 4.69) is 0 Å². The summed E-state index contributed by atoms with van der Waals surface area (Å²) in [6, 6.07) is 25.4. The van der Waals surface area contributed by atoms with Gasteiger partial charge in [0.1, 0.15) is 11.3 Å². The van der Waals surface area contributed by atoms with Gasteiger partial charge in [-0.15, -0.1) is 0 Å². The van der Waals surface area contributed by atoms with E-state index in [-0.39, 0.29) is 5.63 Å². The second-order valence-corrected chi connectivity index (χ2v) is 7.26. The van der Waals surface area contributed by atoms with Crippen LogP contribution in [0, 0.1) is 6.92 Å². The second kappa shape index (κ2) is 7.16. The largest absolute Gasteiger partial charge is 0.497 e. The molecule has 0 amide bonds. The molecule has 5 rings (SSSR count). The second-order valence-electron chi connectivity index (χ2n) is 7.26. The number of rotatable bonds is 3. The molecule has 0 bridgehead atoms. The van der Waals surface area contributed by atoms with E-state index >= 15 is 0 Å². The summed E-state index contributed by atoms with van der Waals surface area (Å²) >= 11 is 0. The van der Waals surface area contributed by atoms with Gasteiger partial charge in [-0.2, -0.15) is 0 Å². The fraction of sp³-hybridized carbons (Fsp3) is 0.0769. The maximum atomic E-state index is 13.0. The zero-order valence-electron chi connectivity index (χ0n) is 16.7. The fourth-order valence-electron chi connectivity index (χ4n) is 3.77. The first-order valence-corrected chi connectivity index (χ1v) is 9.72. The van der Waals surface area contributed by atoms with Crippen LogP contribution in [0.5, 0.6) is 5.75 Å². The van der Waals surface area contributed by atoms with Crippen LogP contribution in [0.2, 0.25) is 0 Å². The van der Waals surface area contributed by atoms with Gasteiger partial charge in [-0.25, -0.2) is 9.78 Å². The van der Waals surface area contributed by atoms with E-state index in [0.29, 0.717) is 16.5 Å². The summed E-state index contributed by atoms with van der Waals surface area (Å²) in [4.78, 5) is 17.9. The minimum absolute atomic E-state index is 0.381. The van der Waals surface area contributed by atoms with Crippen molar-refractivity contribution in [1.29, 1.82) is 0 Å². The summed E-state index contributed by atoms with van der Waals surface area (Å²) < 4.78 is 10.9. The topological polar surface area (TPSA) is 52.3 Å². The molecule has 0 spiro atoms. The zero-order chi connectivity index (χ0) is 20.7. The molecule has 5 aromatic rings. The third-order valence-electron chi connectivity index (χ3n) is 5.29. The molecule has 0 N–H and O–H groups in total. The van der Waals surface area contributed by atoms with Gasteiger partial charge in [-0.3, -0.25) is 0 Å². The number of aryl methyl sites for hydroxylation is 1. The number of ether oxygens (including phenoxy) is 1. The van der Waals surface area contributed by atoms with Gasteiger partial charge in [0.25, 0.3) is 0 Å². The van der Waals surface area contributed by atoms with Gasteiger partial charge in [0.2, 0.25) is 0 Å². The SMILES string of the molecule is COc1ccc(-c2cc(-c3ccccc3)c3c(=O)oc4ccc(C)cc4c3n2)cc1. The Kier molecular flexibility index (Phi) is 4.32. The van der Waals surface area contributed by atoms with Crippen molar-refractivity contribution in [2.75, 3.05) is 7.11 Å². The van der Waals surface area contributed by atoms with Crippen LogP contribution in [-0.4, -0.2) is 12.1 Å². The van der Waals surface area contributed by atoms with Crippen molar-refractivity contribution < 1.29 is 9.15 Å². The zero-order valence-corrected chi connectivity index (χ0v) is 16.7. The van der Waals surface area contributed by atoms with E-state index in [0.717, 1.165) is 39.1 Å². The van der Waals surface area contributed by atoms with E-state index in [1.807, 2.05) is 85.8 Å². The first kappa shape index (κ1) is 18.1. The number of fused-ring (bicyclic) bond motifs is 3. The third kappa shape index (κ3) is 3.03. The molecule has 0 aliphatic rings. The standard InChI is InChI=1S/C26H19NO3/c1-16-8-13-23-21(14-16)25-24(26(28)30-23)20(17-6-4-3-5-7-17)15-22(27-25)18-9-11-19(29-2)12-10-18/h3-15H,1-2H3. The molecule has 30 heavy (non-hydrogen) atoms. The summed E-state index contributed by atoms with van der Waals surface area (Å²) in [5, 5.41) is 1.33. The highest BCUT2D eigenvalue weighted by Crippen LogP contribution is 2.34. The third-order valence-corrected chi connectivity index (χ3v) is 5.29. The van der Waals surface area contributed by atoms with E-state index in [4.69, 9.17) is 14.1 Å². The lowest BCUT2D eigenvalue weighted by Gasteiger charge is -2.12. The van der Waals surface area contributed by atoms with E-state index in [1.165, 1.54) is 0 Å². The molecule has 0 saturated carbocycles. The molecule has 4 nitrogen and oxygen atoms in total. The molecule has 0 radical (unpaired) electrons. The molecule has 2 aromatic heterocycles. The molecule has 3 aromatic carbocycles. The van der Waals surface area contributed by atoms with Crippen molar-refractivity contribution >= 4 is 21.9 Å². The number of pyridine rings is 1. The molecule has 0 saturated heterocycles. The smallest absolute Gasteiger partial charge is 0.346 e. The quantitative estimate of drug-likeness (QED) is 0.279. The van der Waals surface area contributed by atoms with Crippen molar-refractivity contribution in [2.24, 2.45) is 0 Å². The number of methoxy groups -OCH3 is 1. The highest BCUT2D eigenvalue weighted by Gasteiger charge is 2.17. The Bertz CT molecular complexity index is 1440. The molecular formula is C26H19NO3. The van der Waals surface area contributed by atoms with Crippen molar-refractivity contribution in [3.63, 3.8) is 0 Å². The lowest BCUT2D eigenvalue weighted by Crippen LogP contribution is -2.04. The summed E-state index contributed by atoms with van der Waals surface area (Å²) in [6.45, 7) is 2.02. The van der Waals surface area contributed by atoms with Crippen LogP contribution in [0.4, 0.5) is 0 Å². The van der Waals surface area contributed by atoms with Crippen LogP contribution in [-0.2, 0) is 0 Å². The number of hydrogen-bond acceptors (Lipinski definition) is 4. The Morgan fingerprint density at radius 1 is 0.867 bits per heavy atom. The lowest BCUT2D eigenvalue weighted by molar-refractivity contribution is 0.415. The molecule has 0 atom stereocenters. The monoisotopic (exact) mass is 393 g/mol. The number of aromatic nitrogens is 1. The summed E-state index contributed by atoms with van der Waals surface area (Å²) in [5.74, 6) is 0.782. The van der Waals surface area contributed by atoms with Crippen molar-refractivity contribution in [3.05, 3.63) is 94.8 Å². The predicted molar refractivity (Wildman–Crippen MR) is 120 cm³/mol. The Hall–Kier alpha value is -3.92. The van der Waals surface area contributed by atoms with Gasteiger partial charge in [-0.05, 0) is 55.0 Å². The van der Waals surface area contributed by atoms with E-state index < -0.39 is 0 Å². The Labute approximate surface area is 173 Å². The molecular weight excluding hydrogens is 374 g/mol. The van der Waals surface area contributed by atoms with Crippen molar-refractivity contribution in [3.8, 4) is 28.1 Å². The molecule has 0 aliphatic carbocycles. The minimum Gasteiger partial charge on any atom is -0.497 e. The summed E-state index contributed by atoms with van der Waals surface area (Å²) in [7, 11) is 1.64. The average molecular weight is 393 g/mol. The molecule has 0 aliphatic heterocycles. The van der Waals surface area contributed by atoms with Gasteiger partial charge in [0.15, 0.2) is 0 Å². The Morgan fingerprint density at radius 2 is 1.63 bits per heavy atom. The summed E-state index contributed by atoms with van der Waals surface area (Å²) in [6.07, 6.45) is 0. The van der Waals surface area contributed by atoms with Crippen molar-refractivity contribution in [2.45, 2.75) is 6.92 Å². The molecule has 2 heterocycles. The highest BCUT2D eigenvalue weighted by atomic mass is 16.5. The van der Waals surface area contributed by atoms with Gasteiger partial charge in [0.05, 0.1) is 23.7 Å². The Balaban J connectivity index is 1.91. The maximum Gasteiger partial charge on any atom is 0.346 e. The van der Waals surface area contributed by atoms with Gasteiger partial charge < -0.3 is 9.15 Å². The highest BCUT2D eigenvalue weighted by molar-refractivity contribution is 6.08. The van der Waals surface area contributed by atoms with Crippen molar-refractivity contribution in [1.82, 2.24) is 4.98 Å². The van der Waals surface area contributed by atoms with Crippen LogP contribution in [0.15, 0.2) is 88.1 Å². The van der Waals surface area contributed by atoms with Gasteiger partial charge in [0, 0.05) is 16.5 Å². The minimum atomic E-state index is -0.381. The van der Waals surface area contributed by atoms with Crippen LogP contribution in [0.25, 0.3) is 44.3 Å². The molecule has 0 unspecified atom stereocenters. The normalized spacial score (nSPS) is 11.1. The van der Waals surface area contributed by atoms with Gasteiger partial charge >= 0.3 is 5.63 Å².